The minimum atomic E-state index is -2.93. The molecule has 1 aliphatic rings. The summed E-state index contributed by atoms with van der Waals surface area (Å²) in [6, 6.07) is 67.5. The average molecular weight is 739 g/mol. The highest BCUT2D eigenvalue weighted by Crippen LogP contribution is 2.39. The average Bonchev–Trinajstić information content (AvgIpc) is 3.76. The van der Waals surface area contributed by atoms with Gasteiger partial charge in [-0.05, 0) is 105 Å². The molecule has 0 saturated heterocycles. The van der Waals surface area contributed by atoms with E-state index in [1.807, 2.05) is 6.20 Å². The molecule has 270 valence electrons. The SMILES string of the molecule is Cc1cccc(C)c1-c1ccnc(-n2c3ccccc3c3ccc([Si](c4ccccc4)(c4ccccc4)c4cccc(N5CN(C)c6ccccc65)c4)cc32)c1. The van der Waals surface area contributed by atoms with Crippen LogP contribution in [0.15, 0.2) is 188 Å². The first-order valence-electron chi connectivity index (χ1n) is 19.4. The molecular weight excluding hydrogens is 697 g/mol. The molecule has 9 aromatic rings. The van der Waals surface area contributed by atoms with E-state index in [9.17, 15) is 0 Å². The van der Waals surface area contributed by atoms with Crippen LogP contribution in [-0.2, 0) is 0 Å². The number of anilines is 3. The fourth-order valence-electron chi connectivity index (χ4n) is 9.30. The Labute approximate surface area is 329 Å². The van der Waals surface area contributed by atoms with E-state index in [4.69, 9.17) is 4.98 Å². The van der Waals surface area contributed by atoms with Crippen LogP contribution in [-0.4, -0.2) is 31.3 Å². The van der Waals surface area contributed by atoms with Crippen LogP contribution in [0, 0.1) is 13.8 Å². The summed E-state index contributed by atoms with van der Waals surface area (Å²) in [5, 5.41) is 7.81. The Bertz CT molecular complexity index is 2840. The summed E-state index contributed by atoms with van der Waals surface area (Å²) in [7, 11) is -0.756. The topological polar surface area (TPSA) is 24.3 Å². The normalized spacial score (nSPS) is 12.8. The molecule has 0 saturated carbocycles. The second kappa shape index (κ2) is 13.6. The third kappa shape index (κ3) is 5.30. The van der Waals surface area contributed by atoms with E-state index >= 15 is 0 Å². The lowest BCUT2D eigenvalue weighted by molar-refractivity contribution is 0.950. The highest BCUT2D eigenvalue weighted by Gasteiger charge is 2.42. The fourth-order valence-corrected chi connectivity index (χ4v) is 14.1. The van der Waals surface area contributed by atoms with Crippen molar-refractivity contribution in [2.24, 2.45) is 0 Å². The highest BCUT2D eigenvalue weighted by atomic mass is 28.3. The molecule has 0 N–H and O–H groups in total. The van der Waals surface area contributed by atoms with E-state index < -0.39 is 8.07 Å². The van der Waals surface area contributed by atoms with Crippen molar-refractivity contribution in [1.29, 1.82) is 0 Å². The summed E-state index contributed by atoms with van der Waals surface area (Å²) in [6.45, 7) is 5.19. The van der Waals surface area contributed by atoms with Crippen LogP contribution in [0.25, 0.3) is 38.8 Å². The molecule has 0 bridgehead atoms. The van der Waals surface area contributed by atoms with Crippen LogP contribution in [0.3, 0.4) is 0 Å². The predicted molar refractivity (Wildman–Crippen MR) is 239 cm³/mol. The predicted octanol–water partition coefficient (Wildman–Crippen LogP) is 9.39. The van der Waals surface area contributed by atoms with Crippen LogP contribution >= 0.6 is 0 Å². The quantitative estimate of drug-likeness (QED) is 0.120. The van der Waals surface area contributed by atoms with Gasteiger partial charge in [-0.15, -0.1) is 0 Å². The van der Waals surface area contributed by atoms with Gasteiger partial charge in [0, 0.05) is 29.7 Å². The van der Waals surface area contributed by atoms with Crippen LogP contribution < -0.4 is 30.5 Å². The molecule has 7 aromatic carbocycles. The number of para-hydroxylation sites is 3. The Hall–Kier alpha value is -6.69. The van der Waals surface area contributed by atoms with Gasteiger partial charge >= 0.3 is 0 Å². The standard InChI is InChI=1S/C51H42N4Si/c1-36-16-14-17-37(2)51(36)38-30-31-52-50(32-38)55-46-25-11-10-24-44(46)45-29-28-43(34-49(45)55)56(40-19-6-4-7-20-40,41-21-8-5-9-22-41)42-23-15-18-39(33-42)54-35-53(3)47-26-12-13-27-48(47)54/h4-34H,35H2,1-3H3. The van der Waals surface area contributed by atoms with Gasteiger partial charge in [-0.2, -0.15) is 0 Å². The van der Waals surface area contributed by atoms with Crippen molar-refractivity contribution < 1.29 is 0 Å². The van der Waals surface area contributed by atoms with E-state index in [0.717, 1.165) is 23.5 Å². The second-order valence-corrected chi connectivity index (χ2v) is 18.9. The van der Waals surface area contributed by atoms with Crippen LogP contribution in [0.1, 0.15) is 11.1 Å². The van der Waals surface area contributed by atoms with Gasteiger partial charge in [-0.25, -0.2) is 4.98 Å². The lowest BCUT2D eigenvalue weighted by atomic mass is 9.96. The highest BCUT2D eigenvalue weighted by molar-refractivity contribution is 7.20. The van der Waals surface area contributed by atoms with Gasteiger partial charge < -0.3 is 9.80 Å². The third-order valence-electron chi connectivity index (χ3n) is 11.8. The Kier molecular flexibility index (Phi) is 8.19. The summed E-state index contributed by atoms with van der Waals surface area (Å²) in [6.07, 6.45) is 1.97. The first-order valence-corrected chi connectivity index (χ1v) is 21.4. The van der Waals surface area contributed by atoms with Gasteiger partial charge in [0.05, 0.1) is 29.1 Å². The summed E-state index contributed by atoms with van der Waals surface area (Å²) in [4.78, 5) is 9.86. The summed E-state index contributed by atoms with van der Waals surface area (Å²) in [5.74, 6) is 0.916. The number of hydrogen-bond acceptors (Lipinski definition) is 3. The molecule has 0 unspecified atom stereocenters. The van der Waals surface area contributed by atoms with Gasteiger partial charge in [0.25, 0.3) is 0 Å². The maximum atomic E-state index is 5.08. The lowest BCUT2D eigenvalue weighted by Gasteiger charge is -2.35. The molecule has 0 fully saturated rings. The van der Waals surface area contributed by atoms with E-state index in [2.05, 4.69) is 217 Å². The molecule has 10 rings (SSSR count). The van der Waals surface area contributed by atoms with Crippen molar-refractivity contribution >= 4 is 67.7 Å². The van der Waals surface area contributed by atoms with Crippen molar-refractivity contribution in [3.05, 3.63) is 199 Å². The smallest absolute Gasteiger partial charge is 0.179 e. The summed E-state index contributed by atoms with van der Waals surface area (Å²) in [5.41, 5.74) is 11.0. The summed E-state index contributed by atoms with van der Waals surface area (Å²) < 4.78 is 2.38. The molecule has 0 radical (unpaired) electrons. The van der Waals surface area contributed by atoms with Gasteiger partial charge in [0.2, 0.25) is 0 Å². The Morgan fingerprint density at radius 1 is 0.500 bits per heavy atom. The first-order chi connectivity index (χ1) is 27.5. The minimum absolute atomic E-state index is 0.800. The molecule has 3 heterocycles. The van der Waals surface area contributed by atoms with E-state index in [1.54, 1.807) is 0 Å². The molecule has 0 atom stereocenters. The van der Waals surface area contributed by atoms with Crippen LogP contribution in [0.2, 0.25) is 0 Å². The number of hydrogen-bond donors (Lipinski definition) is 0. The van der Waals surface area contributed by atoms with Crippen molar-refractivity contribution in [1.82, 2.24) is 9.55 Å². The molecule has 2 aromatic heterocycles. The Morgan fingerprint density at radius 3 is 1.86 bits per heavy atom. The van der Waals surface area contributed by atoms with Gasteiger partial charge in [-0.3, -0.25) is 4.57 Å². The largest absolute Gasteiger partial charge is 0.355 e. The molecule has 5 heteroatoms. The van der Waals surface area contributed by atoms with Crippen LogP contribution in [0.5, 0.6) is 0 Å². The molecule has 0 spiro atoms. The Balaban J connectivity index is 1.25. The van der Waals surface area contributed by atoms with Crippen molar-refractivity contribution in [2.75, 3.05) is 23.5 Å². The maximum Gasteiger partial charge on any atom is 0.179 e. The van der Waals surface area contributed by atoms with Crippen LogP contribution in [0.4, 0.5) is 17.1 Å². The fraction of sp³-hybridized carbons (Fsp3) is 0.0784. The number of fused-ring (bicyclic) bond motifs is 4. The molecule has 56 heavy (non-hydrogen) atoms. The number of rotatable bonds is 7. The zero-order valence-corrected chi connectivity index (χ0v) is 32.9. The number of pyridine rings is 1. The van der Waals surface area contributed by atoms with Crippen molar-refractivity contribution in [3.8, 4) is 16.9 Å². The van der Waals surface area contributed by atoms with Gasteiger partial charge in [0.15, 0.2) is 8.07 Å². The number of aryl methyl sites for hydroxylation is 2. The van der Waals surface area contributed by atoms with E-state index in [-0.39, 0.29) is 0 Å². The Morgan fingerprint density at radius 2 is 1.11 bits per heavy atom. The lowest BCUT2D eigenvalue weighted by Crippen LogP contribution is -2.74. The number of nitrogens with zero attached hydrogens (tertiary/aromatic N) is 4. The molecular formula is C51H42N4Si. The van der Waals surface area contributed by atoms with Gasteiger partial charge in [-0.1, -0.05) is 133 Å². The zero-order chi connectivity index (χ0) is 37.8. The molecule has 4 nitrogen and oxygen atoms in total. The van der Waals surface area contributed by atoms with E-state index in [0.29, 0.717) is 0 Å². The van der Waals surface area contributed by atoms with E-state index in [1.165, 1.54) is 70.8 Å². The third-order valence-corrected chi connectivity index (χ3v) is 16.5. The molecule has 0 aliphatic carbocycles. The zero-order valence-electron chi connectivity index (χ0n) is 31.9. The maximum absolute atomic E-state index is 5.08. The van der Waals surface area contributed by atoms with Crippen molar-refractivity contribution in [2.45, 2.75) is 13.8 Å². The van der Waals surface area contributed by atoms with Gasteiger partial charge in [0.1, 0.15) is 5.82 Å². The summed E-state index contributed by atoms with van der Waals surface area (Å²) >= 11 is 0. The minimum Gasteiger partial charge on any atom is -0.355 e. The number of aromatic nitrogens is 2. The monoisotopic (exact) mass is 738 g/mol. The van der Waals surface area contributed by atoms with Crippen molar-refractivity contribution in [3.63, 3.8) is 0 Å². The first kappa shape index (κ1) is 33.8. The molecule has 0 amide bonds. The molecule has 1 aliphatic heterocycles. The number of benzene rings is 7. The second-order valence-electron chi connectivity index (χ2n) is 15.0.